The SMILES string of the molecule is CCn1cc(C(=O)OC(=O)c2cn(CC)c3cc(N4CC5C=CC=CC5(N)C4)c(F)cc3c2=O)c(=O)c2cc(F)c(F)cc21. The minimum Gasteiger partial charge on any atom is -0.385 e. The van der Waals surface area contributed by atoms with E-state index in [4.69, 9.17) is 10.5 Å². The lowest BCUT2D eigenvalue weighted by atomic mass is 9.85. The van der Waals surface area contributed by atoms with Crippen LogP contribution in [0, 0.1) is 23.4 Å². The highest BCUT2D eigenvalue weighted by molar-refractivity contribution is 6.04. The molecule has 0 saturated carbocycles. The number of fused-ring (bicyclic) bond motifs is 3. The molecule has 2 atom stereocenters. The van der Waals surface area contributed by atoms with Crippen LogP contribution in [0.1, 0.15) is 34.6 Å². The molecule has 2 aliphatic rings. The molecule has 0 radical (unpaired) electrons. The van der Waals surface area contributed by atoms with Crippen LogP contribution in [0.3, 0.4) is 0 Å². The van der Waals surface area contributed by atoms with E-state index in [-0.39, 0.29) is 41.0 Å². The smallest absolute Gasteiger partial charge is 0.351 e. The maximum atomic E-state index is 15.5. The number of esters is 2. The van der Waals surface area contributed by atoms with Crippen molar-refractivity contribution in [2.45, 2.75) is 32.5 Å². The number of pyridine rings is 2. The van der Waals surface area contributed by atoms with Gasteiger partial charge in [-0.25, -0.2) is 22.8 Å². The second-order valence-corrected chi connectivity index (χ2v) is 10.9. The van der Waals surface area contributed by atoms with E-state index in [0.717, 1.165) is 18.3 Å². The van der Waals surface area contributed by atoms with Crippen molar-refractivity contribution in [3.63, 3.8) is 0 Å². The van der Waals surface area contributed by atoms with Crippen LogP contribution < -0.4 is 21.5 Å². The van der Waals surface area contributed by atoms with Crippen LogP contribution >= 0.6 is 0 Å². The van der Waals surface area contributed by atoms with Crippen LogP contribution in [0.4, 0.5) is 18.9 Å². The molecule has 9 nitrogen and oxygen atoms in total. The number of hydrogen-bond donors (Lipinski definition) is 1. The topological polar surface area (TPSA) is 117 Å². The molecule has 1 saturated heterocycles. The lowest BCUT2D eigenvalue weighted by Crippen LogP contribution is -2.46. The Kier molecular flexibility index (Phi) is 7.04. The monoisotopic (exact) mass is 604 g/mol. The Balaban J connectivity index is 1.36. The van der Waals surface area contributed by atoms with E-state index in [1.54, 1.807) is 18.4 Å². The number of allylic oxidation sites excluding steroid dienone is 2. The maximum Gasteiger partial charge on any atom is 0.351 e. The summed E-state index contributed by atoms with van der Waals surface area (Å²) in [6.45, 7) is 4.69. The van der Waals surface area contributed by atoms with Crippen molar-refractivity contribution in [1.82, 2.24) is 9.13 Å². The van der Waals surface area contributed by atoms with Gasteiger partial charge in [0.15, 0.2) is 11.6 Å². The number of aromatic nitrogens is 2. The fourth-order valence-corrected chi connectivity index (χ4v) is 5.99. The molecule has 4 aromatic rings. The van der Waals surface area contributed by atoms with Crippen molar-refractivity contribution < 1.29 is 27.5 Å². The number of carbonyl (C=O) groups is 2. The van der Waals surface area contributed by atoms with Gasteiger partial charge in [0.2, 0.25) is 10.9 Å². The summed E-state index contributed by atoms with van der Waals surface area (Å²) in [4.78, 5) is 54.4. The molecular weight excluding hydrogens is 577 g/mol. The minimum atomic E-state index is -1.38. The van der Waals surface area contributed by atoms with Gasteiger partial charge in [-0.05, 0) is 32.0 Å². The van der Waals surface area contributed by atoms with E-state index in [2.05, 4.69) is 0 Å². The van der Waals surface area contributed by atoms with Crippen molar-refractivity contribution in [3.05, 3.63) is 110 Å². The zero-order valence-electron chi connectivity index (χ0n) is 23.8. The minimum absolute atomic E-state index is 0.0186. The van der Waals surface area contributed by atoms with Crippen LogP contribution in [0.25, 0.3) is 21.8 Å². The van der Waals surface area contributed by atoms with Gasteiger partial charge in [0, 0.05) is 61.3 Å². The number of ether oxygens (including phenoxy) is 1. The van der Waals surface area contributed by atoms with Gasteiger partial charge >= 0.3 is 11.9 Å². The average Bonchev–Trinajstić information content (AvgIpc) is 3.35. The molecule has 2 aromatic heterocycles. The van der Waals surface area contributed by atoms with Gasteiger partial charge in [0.25, 0.3) is 0 Å². The number of aryl methyl sites for hydroxylation is 2. The van der Waals surface area contributed by atoms with Crippen LogP contribution in [0.2, 0.25) is 0 Å². The molecule has 2 unspecified atom stereocenters. The quantitative estimate of drug-likeness (QED) is 0.270. The van der Waals surface area contributed by atoms with E-state index < -0.39 is 56.9 Å². The van der Waals surface area contributed by atoms with E-state index in [1.165, 1.54) is 16.8 Å². The van der Waals surface area contributed by atoms with Gasteiger partial charge in [-0.1, -0.05) is 24.3 Å². The lowest BCUT2D eigenvalue weighted by molar-refractivity contribution is 0.0395. The van der Waals surface area contributed by atoms with Gasteiger partial charge < -0.3 is 24.5 Å². The molecule has 3 heterocycles. The van der Waals surface area contributed by atoms with Gasteiger partial charge in [-0.2, -0.15) is 0 Å². The van der Waals surface area contributed by atoms with Gasteiger partial charge in [-0.3, -0.25) is 9.59 Å². The third-order valence-electron chi connectivity index (χ3n) is 8.35. The van der Waals surface area contributed by atoms with Crippen LogP contribution in [0.15, 0.2) is 70.6 Å². The Morgan fingerprint density at radius 2 is 1.41 bits per heavy atom. The fourth-order valence-electron chi connectivity index (χ4n) is 5.99. The molecule has 6 rings (SSSR count). The first-order valence-corrected chi connectivity index (χ1v) is 14.0. The largest absolute Gasteiger partial charge is 0.385 e. The lowest BCUT2D eigenvalue weighted by Gasteiger charge is -2.26. The molecule has 44 heavy (non-hydrogen) atoms. The number of halogens is 3. The summed E-state index contributed by atoms with van der Waals surface area (Å²) in [5, 5.41) is -0.395. The standard InChI is InChI=1S/C32H27F3N4O5/c1-3-37-14-20(28(40)18-9-22(33)23(34)11-25(18)37)30(42)44-31(43)21-15-38(4-2)26-12-27(24(35)10-19(26)29(21)41)39-13-17-7-5-6-8-32(17,36)16-39/h5-12,14-15,17H,3-4,13,16,36H2,1-2H3. The number of hydrogen-bond acceptors (Lipinski definition) is 7. The fraction of sp³-hybridized carbons (Fsp3) is 0.250. The van der Waals surface area contributed by atoms with Crippen molar-refractivity contribution >= 4 is 39.4 Å². The Hall–Kier alpha value is -4.97. The first kappa shape index (κ1) is 29.1. The summed E-state index contributed by atoms with van der Waals surface area (Å²) >= 11 is 0. The Labute approximate surface area is 248 Å². The van der Waals surface area contributed by atoms with E-state index >= 15 is 4.39 Å². The average molecular weight is 605 g/mol. The summed E-state index contributed by atoms with van der Waals surface area (Å²) < 4.78 is 51.1. The number of anilines is 1. The van der Waals surface area contributed by atoms with Crippen LogP contribution in [-0.4, -0.2) is 39.7 Å². The summed E-state index contributed by atoms with van der Waals surface area (Å²) in [5.41, 5.74) is 3.54. The summed E-state index contributed by atoms with van der Waals surface area (Å²) in [6, 6.07) is 4.09. The molecular formula is C32H27F3N4O5. The predicted octanol–water partition coefficient (Wildman–Crippen LogP) is 4.03. The third kappa shape index (κ3) is 4.62. The number of nitrogens with two attached hydrogens (primary N) is 1. The molecule has 2 aromatic carbocycles. The van der Waals surface area contributed by atoms with E-state index in [0.29, 0.717) is 24.7 Å². The highest BCUT2D eigenvalue weighted by Crippen LogP contribution is 2.36. The Morgan fingerprint density at radius 1 is 0.864 bits per heavy atom. The zero-order valence-corrected chi connectivity index (χ0v) is 23.8. The molecule has 226 valence electrons. The van der Waals surface area contributed by atoms with Gasteiger partial charge in [0.1, 0.15) is 16.9 Å². The molecule has 1 aliphatic carbocycles. The molecule has 0 spiro atoms. The van der Waals surface area contributed by atoms with E-state index in [1.807, 2.05) is 29.2 Å². The summed E-state index contributed by atoms with van der Waals surface area (Å²) in [6.07, 6.45) is 9.92. The molecule has 1 aliphatic heterocycles. The Bertz CT molecular complexity index is 2080. The molecule has 0 amide bonds. The maximum absolute atomic E-state index is 15.5. The normalized spacial score (nSPS) is 19.1. The van der Waals surface area contributed by atoms with Crippen LogP contribution in [0.5, 0.6) is 0 Å². The second-order valence-electron chi connectivity index (χ2n) is 10.9. The third-order valence-corrected chi connectivity index (χ3v) is 8.35. The highest BCUT2D eigenvalue weighted by Gasteiger charge is 2.42. The first-order chi connectivity index (χ1) is 20.9. The number of benzene rings is 2. The van der Waals surface area contributed by atoms with Gasteiger partial charge in [-0.15, -0.1) is 0 Å². The second kappa shape index (κ2) is 10.6. The Morgan fingerprint density at radius 3 is 1.98 bits per heavy atom. The van der Waals surface area contributed by atoms with Crippen LogP contribution in [-0.2, 0) is 17.8 Å². The number of rotatable bonds is 5. The molecule has 12 heteroatoms. The van der Waals surface area contributed by atoms with Gasteiger partial charge in [0.05, 0.1) is 22.3 Å². The van der Waals surface area contributed by atoms with Crippen molar-refractivity contribution in [2.24, 2.45) is 11.7 Å². The van der Waals surface area contributed by atoms with Crippen molar-refractivity contribution in [3.8, 4) is 0 Å². The predicted molar refractivity (Wildman–Crippen MR) is 158 cm³/mol. The van der Waals surface area contributed by atoms with Crippen molar-refractivity contribution in [2.75, 3.05) is 18.0 Å². The molecule has 0 bridgehead atoms. The van der Waals surface area contributed by atoms with E-state index in [9.17, 15) is 28.0 Å². The summed E-state index contributed by atoms with van der Waals surface area (Å²) in [7, 11) is 0. The highest BCUT2D eigenvalue weighted by atomic mass is 19.2. The molecule has 1 fully saturated rings. The van der Waals surface area contributed by atoms with Crippen molar-refractivity contribution in [1.29, 1.82) is 0 Å². The first-order valence-electron chi connectivity index (χ1n) is 14.0. The number of nitrogens with zero attached hydrogens (tertiary/aromatic N) is 3. The molecule has 2 N–H and O–H groups in total. The summed E-state index contributed by atoms with van der Waals surface area (Å²) in [5.74, 6) is -5.90. The number of carbonyl (C=O) groups excluding carboxylic acids is 2. The zero-order chi connectivity index (χ0) is 31.5.